The van der Waals surface area contributed by atoms with Crippen LogP contribution in [0.25, 0.3) is 0 Å². The fourth-order valence-electron chi connectivity index (χ4n) is 3.10. The molecule has 0 atom stereocenters. The normalized spacial score (nSPS) is 13.9. The van der Waals surface area contributed by atoms with Crippen molar-refractivity contribution in [1.82, 2.24) is 0 Å². The molecular weight excluding hydrogens is 348 g/mol. The topological polar surface area (TPSA) is 51.4 Å². The summed E-state index contributed by atoms with van der Waals surface area (Å²) in [5.74, 6) is -0.278. The Morgan fingerprint density at radius 3 is 1.86 bits per heavy atom. The highest BCUT2D eigenvalue weighted by Crippen LogP contribution is 2.12. The largest absolute Gasteiger partial charge is 0.545 e. The van der Waals surface area contributed by atoms with Crippen LogP contribution in [0.1, 0.15) is 90.9 Å². The molecule has 3 nitrogen and oxygen atoms in total. The summed E-state index contributed by atoms with van der Waals surface area (Å²) in [5, 5.41) is 10.7. The van der Waals surface area contributed by atoms with Crippen LogP contribution < -0.4 is 5.11 Å². The number of rotatable bonds is 15. The van der Waals surface area contributed by atoms with E-state index in [2.05, 4.69) is 6.92 Å². The molecule has 0 unspecified atom stereocenters. The maximum Gasteiger partial charge on any atom is 0.343 e. The van der Waals surface area contributed by atoms with Crippen LogP contribution in [0.15, 0.2) is 47.6 Å². The number of unbranched alkanes of at least 4 members (excludes halogenated alkanes) is 11. The van der Waals surface area contributed by atoms with E-state index in [-0.39, 0.29) is 5.57 Å². The number of carbonyl (C=O) groups is 1. The van der Waals surface area contributed by atoms with Crippen LogP contribution in [0.3, 0.4) is 0 Å². The van der Waals surface area contributed by atoms with Gasteiger partial charge < -0.3 is 9.90 Å². The van der Waals surface area contributed by atoms with Gasteiger partial charge in [0.2, 0.25) is 0 Å². The third kappa shape index (κ3) is 12.5. The quantitative estimate of drug-likeness (QED) is 0.211. The molecule has 3 heteroatoms. The fraction of sp³-hybridized carbons (Fsp3) is 0.600. The highest BCUT2D eigenvalue weighted by molar-refractivity contribution is 6.01. The Hall–Kier alpha value is -1.90. The first-order valence-electron chi connectivity index (χ1n) is 11.1. The number of aliphatic carboxylic acids is 1. The van der Waals surface area contributed by atoms with Crippen molar-refractivity contribution in [3.05, 3.63) is 47.6 Å². The van der Waals surface area contributed by atoms with Crippen LogP contribution in [0.5, 0.6) is 0 Å². The summed E-state index contributed by atoms with van der Waals surface area (Å²) in [5.41, 5.74) is 1.16. The standard InChI is InChI=1S/C25H38O3/c1-3-4-5-6-7-8-9-10-11-12-13-14-21-28-24-19-17-23(18-20-24)16-15-22(2)25(26)27/h15-20H,3-14,21H2,1-2H3. The van der Waals surface area contributed by atoms with Crippen molar-refractivity contribution in [2.75, 3.05) is 6.61 Å². The summed E-state index contributed by atoms with van der Waals surface area (Å²) >= 11 is 0. The van der Waals surface area contributed by atoms with Gasteiger partial charge in [0.1, 0.15) is 0 Å². The van der Waals surface area contributed by atoms with Crippen molar-refractivity contribution in [3.8, 4) is 0 Å². The lowest BCUT2D eigenvalue weighted by molar-refractivity contribution is -0.456. The van der Waals surface area contributed by atoms with Crippen molar-refractivity contribution in [1.29, 1.82) is 0 Å². The average Bonchev–Trinajstić information content (AvgIpc) is 2.70. The molecule has 0 radical (unpaired) electrons. The Labute approximate surface area is 171 Å². The molecule has 0 saturated carbocycles. The van der Waals surface area contributed by atoms with Crippen molar-refractivity contribution in [2.45, 2.75) is 90.9 Å². The van der Waals surface area contributed by atoms with Gasteiger partial charge in [0.15, 0.2) is 0 Å². The lowest BCUT2D eigenvalue weighted by Gasteiger charge is -2.01. The zero-order valence-electron chi connectivity index (χ0n) is 17.9. The third-order valence-corrected chi connectivity index (χ3v) is 4.99. The molecule has 0 amide bonds. The molecule has 0 aromatic rings. The Kier molecular flexibility index (Phi) is 13.9. The summed E-state index contributed by atoms with van der Waals surface area (Å²) in [4.78, 5) is 10.7. The number of carboxylic acid groups (broad SMARTS) is 1. The van der Waals surface area contributed by atoms with Gasteiger partial charge in [-0.3, -0.25) is 4.42 Å². The van der Waals surface area contributed by atoms with Crippen LogP contribution in [0.4, 0.5) is 0 Å². The van der Waals surface area contributed by atoms with Gasteiger partial charge in [0, 0.05) is 18.6 Å². The molecule has 1 rings (SSSR count). The average molecular weight is 387 g/mol. The first-order chi connectivity index (χ1) is 13.6. The number of carboxylic acids is 1. The van der Waals surface area contributed by atoms with Gasteiger partial charge in [0.05, 0.1) is 5.97 Å². The lowest BCUT2D eigenvalue weighted by Crippen LogP contribution is -2.22. The molecule has 28 heavy (non-hydrogen) atoms. The highest BCUT2D eigenvalue weighted by atomic mass is 16.4. The molecule has 0 spiro atoms. The van der Waals surface area contributed by atoms with E-state index in [0.29, 0.717) is 0 Å². The van der Waals surface area contributed by atoms with Crippen LogP contribution in [-0.4, -0.2) is 18.4 Å². The zero-order chi connectivity index (χ0) is 20.5. The maximum absolute atomic E-state index is 10.7. The van der Waals surface area contributed by atoms with Crippen LogP contribution >= 0.6 is 0 Å². The van der Waals surface area contributed by atoms with Crippen molar-refractivity contribution < 1.29 is 14.3 Å². The number of hydrogen-bond acceptors (Lipinski definition) is 2. The number of ketones is 1. The van der Waals surface area contributed by atoms with Gasteiger partial charge in [-0.05, 0) is 36.6 Å². The Morgan fingerprint density at radius 2 is 1.36 bits per heavy atom. The van der Waals surface area contributed by atoms with E-state index in [4.69, 9.17) is 4.42 Å². The van der Waals surface area contributed by atoms with E-state index in [1.54, 1.807) is 12.2 Å². The molecule has 0 aromatic carbocycles. The summed E-state index contributed by atoms with van der Waals surface area (Å²) < 4.78 is 5.78. The van der Waals surface area contributed by atoms with Crippen molar-refractivity contribution in [3.63, 3.8) is 0 Å². The molecule has 0 aromatic heterocycles. The van der Waals surface area contributed by atoms with E-state index < -0.39 is 5.97 Å². The monoisotopic (exact) mass is 386 g/mol. The van der Waals surface area contributed by atoms with Gasteiger partial charge in [-0.2, -0.15) is 0 Å². The summed E-state index contributed by atoms with van der Waals surface area (Å²) in [6.45, 7) is 4.55. The van der Waals surface area contributed by atoms with Gasteiger partial charge in [0.25, 0.3) is 6.61 Å². The van der Waals surface area contributed by atoms with Gasteiger partial charge in [-0.15, -0.1) is 0 Å². The minimum atomic E-state index is -1.14. The predicted molar refractivity (Wildman–Crippen MR) is 116 cm³/mol. The SMILES string of the molecule is CCCCCCCCCCCCCC[O+]=C1C=CC(=CC=C(C)C(=O)[O-])C=C1. The number of allylic oxidation sites excluding steroid dienone is 7. The lowest BCUT2D eigenvalue weighted by atomic mass is 10.1. The third-order valence-electron chi connectivity index (χ3n) is 4.99. The smallest absolute Gasteiger partial charge is 0.343 e. The van der Waals surface area contributed by atoms with Crippen molar-refractivity contribution in [2.24, 2.45) is 0 Å². The highest BCUT2D eigenvalue weighted by Gasteiger charge is 2.07. The summed E-state index contributed by atoms with van der Waals surface area (Å²) in [7, 11) is 0. The second-order valence-electron chi connectivity index (χ2n) is 7.61. The van der Waals surface area contributed by atoms with E-state index >= 15 is 0 Å². The molecule has 0 bridgehead atoms. The maximum atomic E-state index is 10.7. The van der Waals surface area contributed by atoms with Crippen LogP contribution in [0.2, 0.25) is 0 Å². The molecule has 1 aliphatic rings. The van der Waals surface area contributed by atoms with Gasteiger partial charge in [-0.1, -0.05) is 83.3 Å². The molecule has 0 aliphatic heterocycles. The Morgan fingerprint density at radius 1 is 0.857 bits per heavy atom. The number of hydrogen-bond donors (Lipinski definition) is 0. The molecule has 0 saturated heterocycles. The molecule has 1 aliphatic carbocycles. The molecule has 0 fully saturated rings. The number of carbonyl (C=O) groups excluding carboxylic acids is 2. The zero-order valence-corrected chi connectivity index (χ0v) is 17.9. The minimum Gasteiger partial charge on any atom is -0.545 e. The van der Waals surface area contributed by atoms with E-state index in [9.17, 15) is 9.90 Å². The van der Waals surface area contributed by atoms with Gasteiger partial charge >= 0.3 is 5.78 Å². The van der Waals surface area contributed by atoms with E-state index in [1.807, 2.05) is 24.3 Å². The fourth-order valence-corrected chi connectivity index (χ4v) is 3.10. The Bertz CT molecular complexity index is 573. The molecule has 0 heterocycles. The predicted octanol–water partition coefficient (Wildman–Crippen LogP) is 5.54. The first kappa shape index (κ1) is 24.1. The van der Waals surface area contributed by atoms with E-state index in [0.717, 1.165) is 24.4 Å². The van der Waals surface area contributed by atoms with E-state index in [1.165, 1.54) is 77.6 Å². The van der Waals surface area contributed by atoms with Crippen LogP contribution in [-0.2, 0) is 9.22 Å². The van der Waals surface area contributed by atoms with Crippen LogP contribution in [0, 0.1) is 0 Å². The Balaban J connectivity index is 2.05. The second-order valence-corrected chi connectivity index (χ2v) is 7.61. The molecule has 156 valence electrons. The van der Waals surface area contributed by atoms with Crippen molar-refractivity contribution >= 4 is 11.8 Å². The molecule has 0 N–H and O–H groups in total. The second kappa shape index (κ2) is 16.1. The van der Waals surface area contributed by atoms with Gasteiger partial charge in [-0.25, -0.2) is 0 Å². The summed E-state index contributed by atoms with van der Waals surface area (Å²) in [6, 6.07) is 0. The minimum absolute atomic E-state index is 0.215. The first-order valence-corrected chi connectivity index (χ1v) is 11.1. The molecular formula is C25H38O3. The summed E-state index contributed by atoms with van der Waals surface area (Å²) in [6.07, 6.45) is 27.1.